The molecule has 1 aliphatic heterocycles. The van der Waals surface area contributed by atoms with Crippen molar-refractivity contribution >= 4 is 17.6 Å². The highest BCUT2D eigenvalue weighted by molar-refractivity contribution is 6.30. The van der Waals surface area contributed by atoms with Crippen LogP contribution >= 0.6 is 11.6 Å². The third-order valence-corrected chi connectivity index (χ3v) is 5.10. The van der Waals surface area contributed by atoms with Gasteiger partial charge in [-0.15, -0.1) is 0 Å². The van der Waals surface area contributed by atoms with Crippen molar-refractivity contribution in [2.75, 3.05) is 39.4 Å². The molecule has 1 fully saturated rings. The highest BCUT2D eigenvalue weighted by Gasteiger charge is 2.23. The molecule has 0 aliphatic carbocycles. The molecule has 2 aromatic rings. The van der Waals surface area contributed by atoms with Gasteiger partial charge in [0.15, 0.2) is 0 Å². The molecule has 0 bridgehead atoms. The van der Waals surface area contributed by atoms with E-state index in [-0.39, 0.29) is 6.61 Å². The molecule has 1 unspecified atom stereocenters. The van der Waals surface area contributed by atoms with Crippen LogP contribution in [0.15, 0.2) is 48.5 Å². The second kappa shape index (κ2) is 9.85. The highest BCUT2D eigenvalue weighted by Crippen LogP contribution is 2.27. The van der Waals surface area contributed by atoms with E-state index in [0.29, 0.717) is 12.6 Å². The van der Waals surface area contributed by atoms with Crippen LogP contribution in [-0.2, 0) is 16.0 Å². The maximum atomic E-state index is 10.6. The third-order valence-electron chi connectivity index (χ3n) is 4.85. The molecule has 2 aromatic carbocycles. The second-order valence-electron chi connectivity index (χ2n) is 6.71. The number of halogens is 1. The number of hydrogen-bond acceptors (Lipinski definition) is 4. The van der Waals surface area contributed by atoms with E-state index in [1.54, 1.807) is 0 Å². The van der Waals surface area contributed by atoms with Crippen LogP contribution in [0, 0.1) is 0 Å². The minimum absolute atomic E-state index is 0.240. The number of carboxylic acid groups (broad SMARTS) is 1. The zero-order chi connectivity index (χ0) is 19.1. The SMILES string of the molecule is O=C(O)COCCN1CCNCC1Cc1ccccc1-c1ccc(Cl)cc1. The Kier molecular flexibility index (Phi) is 7.24. The molecule has 0 spiro atoms. The van der Waals surface area contributed by atoms with E-state index in [1.807, 2.05) is 12.1 Å². The average molecular weight is 389 g/mol. The van der Waals surface area contributed by atoms with Crippen molar-refractivity contribution in [2.24, 2.45) is 0 Å². The Balaban J connectivity index is 1.69. The molecular weight excluding hydrogens is 364 g/mol. The Morgan fingerprint density at radius 3 is 2.78 bits per heavy atom. The summed E-state index contributed by atoms with van der Waals surface area (Å²) in [5.74, 6) is -0.927. The van der Waals surface area contributed by atoms with Crippen LogP contribution in [0.3, 0.4) is 0 Å². The smallest absolute Gasteiger partial charge is 0.329 e. The summed E-state index contributed by atoms with van der Waals surface area (Å²) in [7, 11) is 0. The van der Waals surface area contributed by atoms with Gasteiger partial charge in [-0.3, -0.25) is 4.90 Å². The molecule has 2 N–H and O–H groups in total. The fourth-order valence-electron chi connectivity index (χ4n) is 3.50. The fourth-order valence-corrected chi connectivity index (χ4v) is 3.63. The number of ether oxygens (including phenoxy) is 1. The summed E-state index contributed by atoms with van der Waals surface area (Å²) in [4.78, 5) is 13.0. The zero-order valence-corrected chi connectivity index (χ0v) is 16.0. The maximum absolute atomic E-state index is 10.6. The van der Waals surface area contributed by atoms with Crippen LogP contribution in [0.5, 0.6) is 0 Å². The van der Waals surface area contributed by atoms with E-state index in [4.69, 9.17) is 21.4 Å². The van der Waals surface area contributed by atoms with Crippen LogP contribution in [0.1, 0.15) is 5.56 Å². The summed E-state index contributed by atoms with van der Waals surface area (Å²) in [6, 6.07) is 16.8. The number of hydrogen-bond donors (Lipinski definition) is 2. The lowest BCUT2D eigenvalue weighted by atomic mass is 9.94. The van der Waals surface area contributed by atoms with Crippen molar-refractivity contribution in [3.8, 4) is 11.1 Å². The van der Waals surface area contributed by atoms with Gasteiger partial charge in [-0.25, -0.2) is 4.79 Å². The fraction of sp³-hybridized carbons (Fsp3) is 0.381. The summed E-state index contributed by atoms with van der Waals surface area (Å²) < 4.78 is 5.23. The number of piperazine rings is 1. The van der Waals surface area contributed by atoms with Gasteiger partial charge in [-0.2, -0.15) is 0 Å². The molecule has 0 radical (unpaired) electrons. The van der Waals surface area contributed by atoms with Gasteiger partial charge in [0.2, 0.25) is 0 Å². The highest BCUT2D eigenvalue weighted by atomic mass is 35.5. The topological polar surface area (TPSA) is 61.8 Å². The van der Waals surface area contributed by atoms with Crippen LogP contribution < -0.4 is 5.32 Å². The quantitative estimate of drug-likeness (QED) is 0.681. The minimum Gasteiger partial charge on any atom is -0.480 e. The van der Waals surface area contributed by atoms with Gasteiger partial charge in [0.05, 0.1) is 6.61 Å². The number of aliphatic carboxylic acids is 1. The number of carbonyl (C=O) groups is 1. The van der Waals surface area contributed by atoms with Crippen LogP contribution in [0.4, 0.5) is 0 Å². The lowest BCUT2D eigenvalue weighted by molar-refractivity contribution is -0.142. The Bertz CT molecular complexity index is 751. The first-order valence-corrected chi connectivity index (χ1v) is 9.59. The summed E-state index contributed by atoms with van der Waals surface area (Å²) in [5, 5.41) is 12.9. The molecule has 1 heterocycles. The Morgan fingerprint density at radius 2 is 2.00 bits per heavy atom. The first-order chi connectivity index (χ1) is 13.1. The van der Waals surface area contributed by atoms with Crippen molar-refractivity contribution in [2.45, 2.75) is 12.5 Å². The summed E-state index contributed by atoms with van der Waals surface area (Å²) in [6.45, 7) is 3.72. The van der Waals surface area contributed by atoms with E-state index in [2.05, 4.69) is 46.6 Å². The molecular formula is C21H25ClN2O3. The summed E-state index contributed by atoms with van der Waals surface area (Å²) in [6.07, 6.45) is 0.921. The van der Waals surface area contributed by atoms with Gasteiger partial charge in [-0.1, -0.05) is 48.0 Å². The molecule has 144 valence electrons. The molecule has 6 heteroatoms. The summed E-state index contributed by atoms with van der Waals surface area (Å²) >= 11 is 6.03. The predicted octanol–water partition coefficient (Wildman–Crippen LogP) is 2.92. The molecule has 0 saturated carbocycles. The number of nitrogens with one attached hydrogen (secondary N) is 1. The third kappa shape index (κ3) is 5.78. The lowest BCUT2D eigenvalue weighted by Crippen LogP contribution is -2.53. The molecule has 1 aliphatic rings. The van der Waals surface area contributed by atoms with E-state index < -0.39 is 5.97 Å². The minimum atomic E-state index is -0.927. The predicted molar refractivity (Wildman–Crippen MR) is 107 cm³/mol. The molecule has 5 nitrogen and oxygen atoms in total. The van der Waals surface area contributed by atoms with Gasteiger partial charge in [0.1, 0.15) is 6.61 Å². The normalized spacial score (nSPS) is 17.7. The molecule has 27 heavy (non-hydrogen) atoms. The maximum Gasteiger partial charge on any atom is 0.329 e. The van der Waals surface area contributed by atoms with E-state index in [9.17, 15) is 4.79 Å². The second-order valence-corrected chi connectivity index (χ2v) is 7.14. The number of rotatable bonds is 8. The van der Waals surface area contributed by atoms with Gasteiger partial charge < -0.3 is 15.2 Å². The van der Waals surface area contributed by atoms with Crippen LogP contribution in [-0.4, -0.2) is 61.4 Å². The largest absolute Gasteiger partial charge is 0.480 e. The van der Waals surface area contributed by atoms with Crippen molar-refractivity contribution < 1.29 is 14.6 Å². The molecule has 0 aromatic heterocycles. The van der Waals surface area contributed by atoms with E-state index >= 15 is 0 Å². The molecule has 1 saturated heterocycles. The van der Waals surface area contributed by atoms with Crippen molar-refractivity contribution in [3.05, 3.63) is 59.1 Å². The van der Waals surface area contributed by atoms with Crippen molar-refractivity contribution in [1.82, 2.24) is 10.2 Å². The van der Waals surface area contributed by atoms with Crippen molar-refractivity contribution in [1.29, 1.82) is 0 Å². The van der Waals surface area contributed by atoms with Gasteiger partial charge in [-0.05, 0) is 35.2 Å². The van der Waals surface area contributed by atoms with Gasteiger partial charge in [0.25, 0.3) is 0 Å². The number of benzene rings is 2. The first-order valence-electron chi connectivity index (χ1n) is 9.21. The number of nitrogens with zero attached hydrogens (tertiary/aromatic N) is 1. The van der Waals surface area contributed by atoms with Gasteiger partial charge in [0, 0.05) is 37.2 Å². The van der Waals surface area contributed by atoms with Crippen LogP contribution in [0.25, 0.3) is 11.1 Å². The lowest BCUT2D eigenvalue weighted by Gasteiger charge is -2.36. The molecule has 3 rings (SSSR count). The van der Waals surface area contributed by atoms with E-state index in [0.717, 1.165) is 43.2 Å². The van der Waals surface area contributed by atoms with Crippen molar-refractivity contribution in [3.63, 3.8) is 0 Å². The number of carboxylic acids is 1. The molecule has 0 amide bonds. The average Bonchev–Trinajstić information content (AvgIpc) is 2.67. The Morgan fingerprint density at radius 1 is 1.22 bits per heavy atom. The van der Waals surface area contributed by atoms with Gasteiger partial charge >= 0.3 is 5.97 Å². The van der Waals surface area contributed by atoms with Crippen LogP contribution in [0.2, 0.25) is 5.02 Å². The monoisotopic (exact) mass is 388 g/mol. The Labute approximate surface area is 164 Å². The summed E-state index contributed by atoms with van der Waals surface area (Å²) in [5.41, 5.74) is 3.68. The zero-order valence-electron chi connectivity index (χ0n) is 15.2. The first kappa shape index (κ1) is 19.8. The Hall–Kier alpha value is -1.92. The molecule has 1 atom stereocenters. The van der Waals surface area contributed by atoms with E-state index in [1.165, 1.54) is 11.1 Å². The standard InChI is InChI=1S/C21H25ClN2O3/c22-18-7-5-16(6-8-18)20-4-2-1-3-17(20)13-19-14-23-9-10-24(19)11-12-27-15-21(25)26/h1-8,19,23H,9-15H2,(H,25,26).